The highest BCUT2D eigenvalue weighted by molar-refractivity contribution is 5.82. The number of rotatable bonds is 3. The second kappa shape index (κ2) is 5.19. The Labute approximate surface area is 115 Å². The maximum atomic E-state index is 11.6. The van der Waals surface area contributed by atoms with Crippen LogP contribution in [-0.2, 0) is 4.74 Å². The zero-order valence-corrected chi connectivity index (χ0v) is 11.6. The Morgan fingerprint density at radius 2 is 2.10 bits per heavy atom. The number of aromatic nitrogens is 5. The first kappa shape index (κ1) is 13.8. The third kappa shape index (κ3) is 3.25. The van der Waals surface area contributed by atoms with Crippen LogP contribution in [0.15, 0.2) is 6.20 Å². The van der Waals surface area contributed by atoms with Gasteiger partial charge in [-0.3, -0.25) is 15.5 Å². The molecule has 2 aromatic rings. The summed E-state index contributed by atoms with van der Waals surface area (Å²) in [5.74, 6) is 1.02. The van der Waals surface area contributed by atoms with Gasteiger partial charge in [0, 0.05) is 0 Å². The molecule has 0 aliphatic heterocycles. The van der Waals surface area contributed by atoms with E-state index < -0.39 is 11.7 Å². The summed E-state index contributed by atoms with van der Waals surface area (Å²) in [5.41, 5.74) is -0.0484. The number of H-pyrrole nitrogens is 2. The molecule has 2 aromatic heterocycles. The van der Waals surface area contributed by atoms with Crippen LogP contribution in [-0.4, -0.2) is 44.2 Å². The molecule has 0 radical (unpaired) electrons. The summed E-state index contributed by atoms with van der Waals surface area (Å²) in [5, 5.41) is 15.5. The van der Waals surface area contributed by atoms with Gasteiger partial charge in [-0.2, -0.15) is 10.1 Å². The first-order valence-electron chi connectivity index (χ1n) is 5.89. The number of nitrogens with zero attached hydrogens (tertiary/aromatic N) is 3. The van der Waals surface area contributed by atoms with E-state index in [2.05, 4.69) is 30.7 Å². The van der Waals surface area contributed by atoms with E-state index in [1.165, 1.54) is 13.3 Å². The molecule has 20 heavy (non-hydrogen) atoms. The Hall–Kier alpha value is -2.58. The molecule has 3 N–H and O–H groups in total. The van der Waals surface area contributed by atoms with Crippen LogP contribution >= 0.6 is 0 Å². The predicted molar refractivity (Wildman–Crippen MR) is 70.4 cm³/mol. The number of amides is 1. The van der Waals surface area contributed by atoms with Gasteiger partial charge in [0.05, 0.1) is 13.3 Å². The number of methoxy groups -OCH3 is 1. The summed E-state index contributed by atoms with van der Waals surface area (Å²) in [6.07, 6.45) is 0.887. The fourth-order valence-corrected chi connectivity index (χ4v) is 1.42. The van der Waals surface area contributed by atoms with E-state index in [-0.39, 0.29) is 5.95 Å². The molecular weight excluding hydrogens is 264 g/mol. The number of carbonyl (C=O) groups excluding carboxylic acids is 1. The van der Waals surface area contributed by atoms with Crippen LogP contribution in [0.2, 0.25) is 0 Å². The summed E-state index contributed by atoms with van der Waals surface area (Å²) < 4.78 is 10.2. The highest BCUT2D eigenvalue weighted by atomic mass is 16.6. The second-order valence-corrected chi connectivity index (χ2v) is 4.95. The first-order chi connectivity index (χ1) is 9.39. The number of aromatic amines is 2. The van der Waals surface area contributed by atoms with Gasteiger partial charge in [0.25, 0.3) is 5.95 Å². The molecule has 9 nitrogen and oxygen atoms in total. The van der Waals surface area contributed by atoms with Gasteiger partial charge in [0.1, 0.15) is 11.3 Å². The molecule has 9 heteroatoms. The Kier molecular flexibility index (Phi) is 3.59. The molecule has 0 atom stereocenters. The highest BCUT2D eigenvalue weighted by Crippen LogP contribution is 2.24. The second-order valence-electron chi connectivity index (χ2n) is 4.95. The summed E-state index contributed by atoms with van der Waals surface area (Å²) in [6, 6.07) is 0. The first-order valence-corrected chi connectivity index (χ1v) is 5.89. The molecule has 108 valence electrons. The van der Waals surface area contributed by atoms with Crippen molar-refractivity contribution in [1.29, 1.82) is 0 Å². The Balaban J connectivity index is 2.08. The van der Waals surface area contributed by atoms with Crippen molar-refractivity contribution in [2.24, 2.45) is 0 Å². The van der Waals surface area contributed by atoms with Crippen molar-refractivity contribution in [2.75, 3.05) is 12.4 Å². The fourth-order valence-electron chi connectivity index (χ4n) is 1.42. The lowest BCUT2D eigenvalue weighted by Crippen LogP contribution is -2.27. The number of carbonyl (C=O) groups is 1. The monoisotopic (exact) mass is 280 g/mol. The van der Waals surface area contributed by atoms with E-state index in [0.717, 1.165) is 0 Å². The van der Waals surface area contributed by atoms with Crippen LogP contribution in [0.4, 0.5) is 10.7 Å². The Morgan fingerprint density at radius 1 is 1.35 bits per heavy atom. The topological polar surface area (TPSA) is 118 Å². The normalized spacial score (nSPS) is 11.2. The molecule has 0 unspecified atom stereocenters. The molecule has 0 saturated heterocycles. The van der Waals surface area contributed by atoms with Gasteiger partial charge in [-0.15, -0.1) is 5.10 Å². The van der Waals surface area contributed by atoms with Crippen LogP contribution < -0.4 is 10.1 Å². The lowest BCUT2D eigenvalue weighted by atomic mass is 10.2. The zero-order chi connectivity index (χ0) is 14.8. The predicted octanol–water partition coefficient (Wildman–Crippen LogP) is 1.55. The minimum absolute atomic E-state index is 0.103. The van der Waals surface area contributed by atoms with Crippen molar-refractivity contribution in [3.63, 3.8) is 0 Å². The summed E-state index contributed by atoms with van der Waals surface area (Å²) >= 11 is 0. The van der Waals surface area contributed by atoms with E-state index in [1.807, 2.05) is 0 Å². The number of anilines is 1. The Morgan fingerprint density at radius 3 is 2.75 bits per heavy atom. The molecule has 0 aromatic carbocycles. The standard InChI is InChI=1S/C11H16N6O3/c1-11(2,3)20-10(18)14-9-13-8(16-17-9)7-6(19-4)5-12-15-7/h5H,1-4H3,(H,12,15)(H2,13,14,16,17,18). The molecule has 2 rings (SSSR count). The average molecular weight is 280 g/mol. The summed E-state index contributed by atoms with van der Waals surface area (Å²) in [6.45, 7) is 5.31. The van der Waals surface area contributed by atoms with Crippen LogP contribution in [0.3, 0.4) is 0 Å². The van der Waals surface area contributed by atoms with Crippen LogP contribution in [0.5, 0.6) is 5.75 Å². The third-order valence-corrected chi connectivity index (χ3v) is 2.16. The highest BCUT2D eigenvalue weighted by Gasteiger charge is 2.18. The molecule has 0 saturated carbocycles. The largest absolute Gasteiger partial charge is 0.493 e. The SMILES string of the molecule is COc1cn[nH]c1-c1nc(NC(=O)OC(C)(C)C)n[nH]1. The number of nitrogens with one attached hydrogen (secondary N) is 3. The lowest BCUT2D eigenvalue weighted by Gasteiger charge is -2.18. The third-order valence-electron chi connectivity index (χ3n) is 2.16. The van der Waals surface area contributed by atoms with Crippen molar-refractivity contribution in [1.82, 2.24) is 25.4 Å². The molecule has 0 aliphatic carbocycles. The maximum Gasteiger partial charge on any atom is 0.414 e. The van der Waals surface area contributed by atoms with Gasteiger partial charge in [-0.25, -0.2) is 4.79 Å². The molecule has 0 bridgehead atoms. The van der Waals surface area contributed by atoms with Gasteiger partial charge < -0.3 is 9.47 Å². The van der Waals surface area contributed by atoms with Gasteiger partial charge in [0.2, 0.25) is 0 Å². The lowest BCUT2D eigenvalue weighted by molar-refractivity contribution is 0.0634. The minimum Gasteiger partial charge on any atom is -0.493 e. The zero-order valence-electron chi connectivity index (χ0n) is 11.6. The van der Waals surface area contributed by atoms with Crippen LogP contribution in [0.1, 0.15) is 20.8 Å². The van der Waals surface area contributed by atoms with Crippen molar-refractivity contribution >= 4 is 12.0 Å². The summed E-state index contributed by atoms with van der Waals surface area (Å²) in [7, 11) is 1.52. The average Bonchev–Trinajstić information content (AvgIpc) is 2.93. The maximum absolute atomic E-state index is 11.6. The van der Waals surface area contributed by atoms with Crippen molar-refractivity contribution < 1.29 is 14.3 Å². The van der Waals surface area contributed by atoms with Gasteiger partial charge in [0.15, 0.2) is 11.6 Å². The van der Waals surface area contributed by atoms with Gasteiger partial charge in [-0.1, -0.05) is 0 Å². The van der Waals surface area contributed by atoms with Crippen molar-refractivity contribution in [2.45, 2.75) is 26.4 Å². The van der Waals surface area contributed by atoms with E-state index in [9.17, 15) is 4.79 Å². The van der Waals surface area contributed by atoms with Gasteiger partial charge >= 0.3 is 6.09 Å². The molecular formula is C11H16N6O3. The van der Waals surface area contributed by atoms with Crippen LogP contribution in [0.25, 0.3) is 11.5 Å². The molecule has 2 heterocycles. The van der Waals surface area contributed by atoms with E-state index >= 15 is 0 Å². The summed E-state index contributed by atoms with van der Waals surface area (Å²) in [4.78, 5) is 15.7. The number of ether oxygens (including phenoxy) is 2. The van der Waals surface area contributed by atoms with Crippen molar-refractivity contribution in [3.05, 3.63) is 6.20 Å². The quantitative estimate of drug-likeness (QED) is 0.785. The van der Waals surface area contributed by atoms with Crippen LogP contribution in [0, 0.1) is 0 Å². The molecule has 1 amide bonds. The van der Waals surface area contributed by atoms with E-state index in [0.29, 0.717) is 17.3 Å². The van der Waals surface area contributed by atoms with E-state index in [1.54, 1.807) is 20.8 Å². The van der Waals surface area contributed by atoms with E-state index in [4.69, 9.17) is 9.47 Å². The molecule has 0 spiro atoms. The number of hydrogen-bond donors (Lipinski definition) is 3. The van der Waals surface area contributed by atoms with Gasteiger partial charge in [-0.05, 0) is 20.8 Å². The molecule has 0 fully saturated rings. The molecule has 0 aliphatic rings. The van der Waals surface area contributed by atoms with Crippen molar-refractivity contribution in [3.8, 4) is 17.3 Å². The minimum atomic E-state index is -0.625. The smallest absolute Gasteiger partial charge is 0.414 e. The number of hydrogen-bond acceptors (Lipinski definition) is 6. The fraction of sp³-hybridized carbons (Fsp3) is 0.455. The Bertz CT molecular complexity index is 597.